The number of esters is 2. The molecule has 0 aliphatic carbocycles. The molecule has 2 saturated heterocycles. The topological polar surface area (TPSA) is 215 Å². The van der Waals surface area contributed by atoms with Crippen LogP contribution in [0.25, 0.3) is 6.08 Å². The van der Waals surface area contributed by atoms with E-state index in [1.54, 1.807) is 26.8 Å². The minimum absolute atomic E-state index is 0.0229. The van der Waals surface area contributed by atoms with E-state index in [1.165, 1.54) is 38.8 Å². The molecular weight excluding hydrogens is 859 g/mol. The molecule has 6 aliphatic heterocycles. The molecule has 3 aromatic rings. The standard InChI is InChI=1S/C47H55N5O12S/c1-21(2)35(50-44(56)24(5)48-31(54)15-14-26-12-10-9-11-13-26)45(57)49-28-19-65-43-34-33(42-41(62-20-63-42)23(4)40(34)64-25(6)53)30(18-61-47(28)59)52-37(43)36-32-27(17-29(46(52)58)51(36)7)16-22(3)39(60-8)38(32)55/h9-16,21,24,28-30,35-37,43,46,55,58H,17-20H2,1-8H3,(H,48,54)(H,49,57)(H,50,56)/b15-14+/t24?,28-,29+,30+,35?,36+,37?,43+,46-/m0/s1. The minimum Gasteiger partial charge on any atom is -0.504 e. The Morgan fingerprint density at radius 3 is 2.38 bits per heavy atom. The summed E-state index contributed by atoms with van der Waals surface area (Å²) in [5.41, 5.74) is 4.65. The van der Waals surface area contributed by atoms with Gasteiger partial charge in [-0.2, -0.15) is 0 Å². The van der Waals surface area contributed by atoms with Crippen molar-refractivity contribution in [2.75, 3.05) is 33.3 Å². The summed E-state index contributed by atoms with van der Waals surface area (Å²) in [5, 5.41) is 32.1. The SMILES string of the molecule is COc1c(C)cc2c(c1O)[C@@H]1C3[C@@H]4SC[C@H](NC(=O)C(NC(=O)C(C)NC(=O)/C=C/c5ccccc5)C(C)C)C(=O)OC[C@H](c5c6c(c(C)c(OC(C)=O)c54)OCO6)N3[C@@H](O)[C@@H](C2)N1C. The van der Waals surface area contributed by atoms with Crippen LogP contribution in [-0.2, 0) is 35.1 Å². The highest BCUT2D eigenvalue weighted by Crippen LogP contribution is 2.64. The number of thioether (sulfide) groups is 1. The van der Waals surface area contributed by atoms with Gasteiger partial charge in [0, 0.05) is 47.0 Å². The molecule has 5 N–H and O–H groups in total. The van der Waals surface area contributed by atoms with Gasteiger partial charge in [0.05, 0.1) is 30.5 Å². The minimum atomic E-state index is -1.23. The number of fused-ring (bicyclic) bond motifs is 10. The van der Waals surface area contributed by atoms with Gasteiger partial charge in [-0.3, -0.25) is 29.0 Å². The maximum absolute atomic E-state index is 14.2. The number of methoxy groups -OCH3 is 1. The fourth-order valence-corrected chi connectivity index (χ4v) is 11.5. The van der Waals surface area contributed by atoms with Crippen molar-refractivity contribution in [3.8, 4) is 28.7 Å². The first-order valence-electron chi connectivity index (χ1n) is 21.7. The summed E-state index contributed by atoms with van der Waals surface area (Å²) >= 11 is 1.29. The number of aryl methyl sites for hydroxylation is 1. The lowest BCUT2D eigenvalue weighted by molar-refractivity contribution is -0.184. The van der Waals surface area contributed by atoms with E-state index in [4.69, 9.17) is 23.7 Å². The van der Waals surface area contributed by atoms with Gasteiger partial charge in [0.15, 0.2) is 23.0 Å². The molecule has 65 heavy (non-hydrogen) atoms. The molecule has 346 valence electrons. The van der Waals surface area contributed by atoms with Crippen LogP contribution in [0.3, 0.4) is 0 Å². The van der Waals surface area contributed by atoms with E-state index in [2.05, 4.69) is 20.9 Å². The van der Waals surface area contributed by atoms with Crippen molar-refractivity contribution in [3.63, 3.8) is 0 Å². The Morgan fingerprint density at radius 2 is 1.69 bits per heavy atom. The lowest BCUT2D eigenvalue weighted by Crippen LogP contribution is -2.69. The molecule has 0 saturated carbocycles. The van der Waals surface area contributed by atoms with Crippen LogP contribution in [0, 0.1) is 19.8 Å². The Hall–Kier alpha value is -5.82. The van der Waals surface area contributed by atoms with Gasteiger partial charge < -0.3 is 49.8 Å². The van der Waals surface area contributed by atoms with Crippen molar-refractivity contribution in [2.45, 2.75) is 102 Å². The number of amides is 3. The van der Waals surface area contributed by atoms with E-state index in [1.807, 2.05) is 55.3 Å². The van der Waals surface area contributed by atoms with Crippen LogP contribution in [0.4, 0.5) is 0 Å². The number of carbonyl (C=O) groups excluding carboxylic acids is 5. The zero-order valence-corrected chi connectivity index (χ0v) is 38.3. The highest BCUT2D eigenvalue weighted by atomic mass is 32.2. The number of phenolic OH excluding ortho intramolecular Hbond substituents is 1. The zero-order valence-electron chi connectivity index (χ0n) is 37.5. The molecule has 0 radical (unpaired) electrons. The molecule has 4 bridgehead atoms. The summed E-state index contributed by atoms with van der Waals surface area (Å²) in [6.07, 6.45) is 2.22. The number of aliphatic hydroxyl groups excluding tert-OH is 1. The molecule has 3 unspecified atom stereocenters. The van der Waals surface area contributed by atoms with E-state index in [-0.39, 0.29) is 30.7 Å². The third-order valence-corrected chi connectivity index (χ3v) is 14.4. The number of hydrogen-bond donors (Lipinski definition) is 5. The predicted octanol–water partition coefficient (Wildman–Crippen LogP) is 3.50. The van der Waals surface area contributed by atoms with Crippen molar-refractivity contribution in [1.29, 1.82) is 0 Å². The van der Waals surface area contributed by atoms with E-state index in [0.717, 1.165) is 16.7 Å². The number of aromatic hydroxyl groups is 1. The quantitative estimate of drug-likeness (QED) is 0.112. The number of hydrogen-bond acceptors (Lipinski definition) is 15. The Labute approximate surface area is 381 Å². The van der Waals surface area contributed by atoms with Crippen molar-refractivity contribution < 1.29 is 57.9 Å². The number of rotatable bonds is 10. The van der Waals surface area contributed by atoms with E-state index in [9.17, 15) is 34.2 Å². The van der Waals surface area contributed by atoms with Gasteiger partial charge in [-0.15, -0.1) is 11.8 Å². The normalized spacial score (nSPS) is 25.4. The molecule has 3 amide bonds. The number of nitrogens with one attached hydrogen (secondary N) is 3. The number of likely N-dealkylation sites (N-methyl/N-ethyl adjacent to an activating group) is 1. The average Bonchev–Trinajstić information content (AvgIpc) is 3.76. The molecular formula is C47H55N5O12S. The molecule has 9 rings (SSSR count). The van der Waals surface area contributed by atoms with Gasteiger partial charge in [0.25, 0.3) is 0 Å². The third kappa shape index (κ3) is 8.25. The summed E-state index contributed by atoms with van der Waals surface area (Å²) in [6, 6.07) is 5.24. The number of aliphatic hydroxyl groups is 1. The molecule has 18 heteroatoms. The van der Waals surface area contributed by atoms with Gasteiger partial charge in [0.1, 0.15) is 36.7 Å². The highest BCUT2D eigenvalue weighted by molar-refractivity contribution is 7.99. The van der Waals surface area contributed by atoms with Crippen LogP contribution in [-0.4, -0.2) is 119 Å². The average molecular weight is 914 g/mol. The van der Waals surface area contributed by atoms with Crippen LogP contribution in [0.5, 0.6) is 28.7 Å². The van der Waals surface area contributed by atoms with Crippen LogP contribution in [0.2, 0.25) is 0 Å². The first-order chi connectivity index (χ1) is 31.0. The van der Waals surface area contributed by atoms with Gasteiger partial charge in [-0.05, 0) is 62.9 Å². The molecule has 17 nitrogen and oxygen atoms in total. The second-order valence-electron chi connectivity index (χ2n) is 17.5. The Morgan fingerprint density at radius 1 is 0.969 bits per heavy atom. The van der Waals surface area contributed by atoms with Crippen molar-refractivity contribution in [3.05, 3.63) is 81.4 Å². The van der Waals surface area contributed by atoms with Crippen LogP contribution in [0.15, 0.2) is 42.5 Å². The van der Waals surface area contributed by atoms with Gasteiger partial charge >= 0.3 is 11.9 Å². The summed E-state index contributed by atoms with van der Waals surface area (Å²) in [5.74, 6) is -2.29. The summed E-state index contributed by atoms with van der Waals surface area (Å²) < 4.78 is 30.0. The maximum Gasteiger partial charge on any atom is 0.329 e. The lowest BCUT2D eigenvalue weighted by Gasteiger charge is -2.62. The largest absolute Gasteiger partial charge is 0.504 e. The van der Waals surface area contributed by atoms with E-state index >= 15 is 0 Å². The van der Waals surface area contributed by atoms with Crippen molar-refractivity contribution in [2.24, 2.45) is 5.92 Å². The zero-order chi connectivity index (χ0) is 46.6. The number of carbonyl (C=O) groups is 5. The van der Waals surface area contributed by atoms with Crippen molar-refractivity contribution >= 4 is 47.5 Å². The van der Waals surface area contributed by atoms with Crippen LogP contribution < -0.4 is 34.9 Å². The molecule has 9 atom stereocenters. The molecule has 2 fully saturated rings. The molecule has 6 heterocycles. The number of benzene rings is 3. The fraction of sp³-hybridized carbons (Fsp3) is 0.468. The number of ether oxygens (including phenoxy) is 5. The highest BCUT2D eigenvalue weighted by Gasteiger charge is 2.60. The fourth-order valence-electron chi connectivity index (χ4n) is 10.0. The monoisotopic (exact) mass is 913 g/mol. The first-order valence-corrected chi connectivity index (χ1v) is 22.7. The van der Waals surface area contributed by atoms with E-state index < -0.39 is 89.3 Å². The summed E-state index contributed by atoms with van der Waals surface area (Å²) in [6.45, 7) is 9.49. The molecule has 0 spiro atoms. The number of piperazine rings is 1. The van der Waals surface area contributed by atoms with Gasteiger partial charge in [0.2, 0.25) is 24.5 Å². The molecule has 3 aromatic carbocycles. The molecule has 6 aliphatic rings. The summed E-state index contributed by atoms with van der Waals surface area (Å²) in [4.78, 5) is 71.4. The lowest BCUT2D eigenvalue weighted by atomic mass is 9.73. The smallest absolute Gasteiger partial charge is 0.329 e. The van der Waals surface area contributed by atoms with Crippen LogP contribution in [0.1, 0.15) is 84.0 Å². The first kappa shape index (κ1) is 45.7. The Bertz CT molecular complexity index is 2450. The molecule has 0 aromatic heterocycles. The Balaban J connectivity index is 1.14. The van der Waals surface area contributed by atoms with E-state index in [0.29, 0.717) is 45.9 Å². The van der Waals surface area contributed by atoms with Crippen molar-refractivity contribution in [1.82, 2.24) is 25.8 Å². The summed E-state index contributed by atoms with van der Waals surface area (Å²) in [7, 11) is 3.40. The predicted molar refractivity (Wildman–Crippen MR) is 238 cm³/mol. The second kappa shape index (κ2) is 18.2. The van der Waals surface area contributed by atoms with Crippen LogP contribution >= 0.6 is 11.8 Å². The maximum atomic E-state index is 14.2. The third-order valence-electron chi connectivity index (χ3n) is 13.0. The second-order valence-corrected chi connectivity index (χ2v) is 18.7. The Kier molecular flexibility index (Phi) is 12.8. The number of nitrogens with zero attached hydrogens (tertiary/aromatic N) is 2. The van der Waals surface area contributed by atoms with Gasteiger partial charge in [-0.25, -0.2) is 4.79 Å². The van der Waals surface area contributed by atoms with Gasteiger partial charge in [-0.1, -0.05) is 50.2 Å². The number of phenols is 1.